The number of nitrogens with one attached hydrogen (secondary N) is 1. The number of H-pyrrole nitrogens is 1. The largest absolute Gasteiger partial charge is 0.368 e. The second-order valence-electron chi connectivity index (χ2n) is 4.50. The Labute approximate surface area is 110 Å². The molecule has 19 heavy (non-hydrogen) atoms. The number of aromatic nitrogens is 4. The van der Waals surface area contributed by atoms with Crippen LogP contribution in [0.5, 0.6) is 0 Å². The quantitative estimate of drug-likeness (QED) is 0.846. The third-order valence-electron chi connectivity index (χ3n) is 3.16. The summed E-state index contributed by atoms with van der Waals surface area (Å²) >= 11 is 0. The van der Waals surface area contributed by atoms with Crippen LogP contribution in [-0.4, -0.2) is 50.5 Å². The first kappa shape index (κ1) is 11.9. The van der Waals surface area contributed by atoms with E-state index in [2.05, 4.69) is 15.3 Å². The molecule has 1 unspecified atom stereocenters. The maximum Gasteiger partial charge on any atom is 0.274 e. The molecule has 1 fully saturated rings. The van der Waals surface area contributed by atoms with E-state index < -0.39 is 0 Å². The molecule has 0 aromatic carbocycles. The Morgan fingerprint density at radius 3 is 3.11 bits per heavy atom. The van der Waals surface area contributed by atoms with Gasteiger partial charge < -0.3 is 9.64 Å². The second kappa shape index (κ2) is 4.85. The Morgan fingerprint density at radius 1 is 1.53 bits per heavy atom. The average molecular weight is 261 g/mol. The van der Waals surface area contributed by atoms with E-state index in [4.69, 9.17) is 4.74 Å². The first-order valence-corrected chi connectivity index (χ1v) is 6.14. The van der Waals surface area contributed by atoms with E-state index in [1.165, 1.54) is 0 Å². The number of aryl methyl sites for hydroxylation is 1. The van der Waals surface area contributed by atoms with Gasteiger partial charge in [0.1, 0.15) is 11.8 Å². The molecule has 2 aromatic rings. The van der Waals surface area contributed by atoms with Crippen molar-refractivity contribution in [3.05, 3.63) is 35.9 Å². The highest BCUT2D eigenvalue weighted by atomic mass is 16.5. The van der Waals surface area contributed by atoms with Gasteiger partial charge in [0, 0.05) is 26.0 Å². The zero-order valence-corrected chi connectivity index (χ0v) is 10.6. The summed E-state index contributed by atoms with van der Waals surface area (Å²) in [5, 5.41) is 10.9. The van der Waals surface area contributed by atoms with E-state index >= 15 is 0 Å². The van der Waals surface area contributed by atoms with E-state index in [0.717, 1.165) is 5.69 Å². The molecule has 1 atom stereocenters. The number of carbonyl (C=O) groups is 1. The highest BCUT2D eigenvalue weighted by Gasteiger charge is 2.27. The maximum absolute atomic E-state index is 12.3. The summed E-state index contributed by atoms with van der Waals surface area (Å²) < 4.78 is 7.28. The molecular weight excluding hydrogens is 246 g/mol. The van der Waals surface area contributed by atoms with Crippen LogP contribution >= 0.6 is 0 Å². The fourth-order valence-corrected chi connectivity index (χ4v) is 2.16. The van der Waals surface area contributed by atoms with Crippen LogP contribution < -0.4 is 0 Å². The number of morpholine rings is 1. The zero-order valence-electron chi connectivity index (χ0n) is 10.6. The minimum atomic E-state index is -0.149. The summed E-state index contributed by atoms with van der Waals surface area (Å²) in [6.45, 7) is 1.61. The van der Waals surface area contributed by atoms with Gasteiger partial charge in [-0.15, -0.1) is 0 Å². The average Bonchev–Trinajstić information content (AvgIpc) is 3.09. The highest BCUT2D eigenvalue weighted by Crippen LogP contribution is 2.21. The van der Waals surface area contributed by atoms with Crippen LogP contribution in [0.3, 0.4) is 0 Å². The summed E-state index contributed by atoms with van der Waals surface area (Å²) in [5.74, 6) is -0.0617. The molecule has 1 amide bonds. The molecule has 0 spiro atoms. The number of hydrogen-bond donors (Lipinski definition) is 1. The van der Waals surface area contributed by atoms with E-state index in [9.17, 15) is 4.79 Å². The smallest absolute Gasteiger partial charge is 0.274 e. The molecule has 2 aromatic heterocycles. The zero-order chi connectivity index (χ0) is 13.2. The second-order valence-corrected chi connectivity index (χ2v) is 4.50. The van der Waals surface area contributed by atoms with Crippen LogP contribution in [0.2, 0.25) is 0 Å². The van der Waals surface area contributed by atoms with Crippen molar-refractivity contribution in [1.82, 2.24) is 24.9 Å². The number of ether oxygens (including phenoxy) is 1. The van der Waals surface area contributed by atoms with Gasteiger partial charge in [0.2, 0.25) is 0 Å². The third kappa shape index (κ3) is 2.37. The van der Waals surface area contributed by atoms with Crippen LogP contribution in [0.15, 0.2) is 24.5 Å². The Morgan fingerprint density at radius 2 is 2.42 bits per heavy atom. The van der Waals surface area contributed by atoms with Crippen LogP contribution in [0.4, 0.5) is 0 Å². The third-order valence-corrected chi connectivity index (χ3v) is 3.16. The summed E-state index contributed by atoms with van der Waals surface area (Å²) in [7, 11) is 1.80. The Balaban J connectivity index is 1.73. The normalized spacial score (nSPS) is 19.6. The van der Waals surface area contributed by atoms with Crippen molar-refractivity contribution in [2.75, 3.05) is 19.7 Å². The van der Waals surface area contributed by atoms with Gasteiger partial charge in [0.05, 0.1) is 18.8 Å². The van der Waals surface area contributed by atoms with Gasteiger partial charge >= 0.3 is 0 Å². The van der Waals surface area contributed by atoms with Crippen LogP contribution in [-0.2, 0) is 11.8 Å². The molecule has 7 heteroatoms. The van der Waals surface area contributed by atoms with Crippen LogP contribution in [0, 0.1) is 0 Å². The SMILES string of the molecule is Cn1ccc(C(=O)N2CCOC(c3ccn[nH]3)C2)n1. The predicted octanol–water partition coefficient (Wildman–Crippen LogP) is 0.357. The molecule has 1 aliphatic heterocycles. The van der Waals surface area contributed by atoms with Gasteiger partial charge in [-0.2, -0.15) is 10.2 Å². The molecule has 0 aliphatic carbocycles. The molecule has 1 aliphatic rings. The highest BCUT2D eigenvalue weighted by molar-refractivity contribution is 5.92. The van der Waals surface area contributed by atoms with Crippen molar-refractivity contribution in [2.45, 2.75) is 6.10 Å². The minimum absolute atomic E-state index is 0.0617. The molecule has 1 saturated heterocycles. The molecule has 3 heterocycles. The van der Waals surface area contributed by atoms with Gasteiger partial charge in [0.25, 0.3) is 5.91 Å². The monoisotopic (exact) mass is 261 g/mol. The van der Waals surface area contributed by atoms with E-state index in [-0.39, 0.29) is 12.0 Å². The Bertz CT molecular complexity index is 562. The lowest BCUT2D eigenvalue weighted by Crippen LogP contribution is -2.42. The molecule has 100 valence electrons. The molecular formula is C12H15N5O2. The van der Waals surface area contributed by atoms with Gasteiger partial charge in [-0.3, -0.25) is 14.6 Å². The molecule has 1 N–H and O–H groups in total. The topological polar surface area (TPSA) is 76.0 Å². The predicted molar refractivity (Wildman–Crippen MR) is 66.4 cm³/mol. The molecule has 0 bridgehead atoms. The number of hydrogen-bond acceptors (Lipinski definition) is 4. The fraction of sp³-hybridized carbons (Fsp3) is 0.417. The van der Waals surface area contributed by atoms with Crippen molar-refractivity contribution in [3.8, 4) is 0 Å². The lowest BCUT2D eigenvalue weighted by molar-refractivity contribution is -0.0249. The van der Waals surface area contributed by atoms with E-state index in [0.29, 0.717) is 25.4 Å². The number of carbonyl (C=O) groups excluding carboxylic acids is 1. The van der Waals surface area contributed by atoms with Crippen molar-refractivity contribution in [2.24, 2.45) is 7.05 Å². The lowest BCUT2D eigenvalue weighted by atomic mass is 10.2. The van der Waals surface area contributed by atoms with Gasteiger partial charge in [-0.1, -0.05) is 0 Å². The molecule has 3 rings (SSSR count). The summed E-state index contributed by atoms with van der Waals surface area (Å²) in [4.78, 5) is 14.1. The van der Waals surface area contributed by atoms with E-state index in [1.54, 1.807) is 35.1 Å². The molecule has 0 radical (unpaired) electrons. The van der Waals surface area contributed by atoms with Crippen molar-refractivity contribution >= 4 is 5.91 Å². The lowest BCUT2D eigenvalue weighted by Gasteiger charge is -2.31. The summed E-state index contributed by atoms with van der Waals surface area (Å²) in [6.07, 6.45) is 3.29. The molecule has 0 saturated carbocycles. The minimum Gasteiger partial charge on any atom is -0.368 e. The number of rotatable bonds is 2. The number of aromatic amines is 1. The fourth-order valence-electron chi connectivity index (χ4n) is 2.16. The Kier molecular flexibility index (Phi) is 3.04. The van der Waals surface area contributed by atoms with Gasteiger partial charge in [-0.05, 0) is 12.1 Å². The van der Waals surface area contributed by atoms with Gasteiger partial charge in [-0.25, -0.2) is 0 Å². The number of amides is 1. The van der Waals surface area contributed by atoms with Gasteiger partial charge in [0.15, 0.2) is 0 Å². The van der Waals surface area contributed by atoms with Crippen molar-refractivity contribution in [1.29, 1.82) is 0 Å². The van der Waals surface area contributed by atoms with Crippen molar-refractivity contribution in [3.63, 3.8) is 0 Å². The van der Waals surface area contributed by atoms with Crippen molar-refractivity contribution < 1.29 is 9.53 Å². The molecule has 7 nitrogen and oxygen atoms in total. The summed E-state index contributed by atoms with van der Waals surface area (Å²) in [6, 6.07) is 3.59. The van der Waals surface area contributed by atoms with Crippen LogP contribution in [0.1, 0.15) is 22.3 Å². The van der Waals surface area contributed by atoms with Crippen LogP contribution in [0.25, 0.3) is 0 Å². The van der Waals surface area contributed by atoms with E-state index in [1.807, 2.05) is 6.07 Å². The standard InChI is InChI=1S/C12H15N5O2/c1-16-5-3-10(15-16)12(18)17-6-7-19-11(8-17)9-2-4-13-14-9/h2-5,11H,6-8H2,1H3,(H,13,14). The summed E-state index contributed by atoms with van der Waals surface area (Å²) in [5.41, 5.74) is 1.35. The number of nitrogens with zero attached hydrogens (tertiary/aromatic N) is 4. The maximum atomic E-state index is 12.3. The first-order chi connectivity index (χ1) is 9.24. The Hall–Kier alpha value is -2.15. The first-order valence-electron chi connectivity index (χ1n) is 6.14.